The number of anilines is 1. The highest BCUT2D eigenvalue weighted by Crippen LogP contribution is 2.32. The summed E-state index contributed by atoms with van der Waals surface area (Å²) < 4.78 is 66.2. The Morgan fingerprint density at radius 1 is 1.17 bits per heavy atom. The number of hydrogen-bond acceptors (Lipinski definition) is 7. The van der Waals surface area contributed by atoms with Gasteiger partial charge in [-0.2, -0.15) is 13.2 Å². The number of halogens is 5. The fourth-order valence-corrected chi connectivity index (χ4v) is 4.44. The van der Waals surface area contributed by atoms with E-state index in [1.807, 2.05) is 0 Å². The molecule has 0 aliphatic carbocycles. The molecule has 10 nitrogen and oxygen atoms in total. The molecule has 252 valence electrons. The van der Waals surface area contributed by atoms with Crippen LogP contribution < -0.4 is 21.5 Å². The van der Waals surface area contributed by atoms with Crippen molar-refractivity contribution in [3.8, 4) is 0 Å². The molecule has 3 rings (SSSR count). The molecule has 2 aromatic heterocycles. The van der Waals surface area contributed by atoms with Crippen LogP contribution in [0.3, 0.4) is 0 Å². The second-order valence-corrected chi connectivity index (χ2v) is 10.5. The maximum Gasteiger partial charge on any atom is 0.389 e. The van der Waals surface area contributed by atoms with Crippen LogP contribution in [0.5, 0.6) is 0 Å². The lowest BCUT2D eigenvalue weighted by Crippen LogP contribution is -2.38. The first-order valence-corrected chi connectivity index (χ1v) is 14.3. The van der Waals surface area contributed by atoms with Gasteiger partial charge in [0.2, 0.25) is 0 Å². The largest absolute Gasteiger partial charge is 0.513 e. The number of aryl methyl sites for hydroxylation is 2. The molecular formula is C31H38F5N5O5. The normalized spacial score (nSPS) is 12.3. The minimum Gasteiger partial charge on any atom is -0.513 e. The molecule has 46 heavy (non-hydrogen) atoms. The van der Waals surface area contributed by atoms with Gasteiger partial charge in [-0.25, -0.2) is 18.4 Å². The number of benzene rings is 1. The van der Waals surface area contributed by atoms with Gasteiger partial charge in [-0.05, 0) is 49.6 Å². The standard InChI is InChI=1S/C26H29F2N5O5.C5H9F3/c1-5-31(3)24-15(2)10-18(27)22(23(24)28)20(14-34)30-19(25(36)37)12-16-6-8-29-17(11-16)13-33-21(35)7-9-32(4)26(33)38;1-2-3-4-5(6,7)8/h6-11,14,19,30,34H,5,12-13H2,1-4H3,(H,36,37);2-4H2,1H3/b20-14+;. The number of rotatable bonds is 12. The van der Waals surface area contributed by atoms with Crippen molar-refractivity contribution in [3.05, 3.63) is 97.8 Å². The van der Waals surface area contributed by atoms with Crippen molar-refractivity contribution in [2.75, 3.05) is 18.5 Å². The third-order valence-corrected chi connectivity index (χ3v) is 6.96. The molecule has 0 fully saturated rings. The molecule has 15 heteroatoms. The van der Waals surface area contributed by atoms with E-state index in [4.69, 9.17) is 0 Å². The van der Waals surface area contributed by atoms with Gasteiger partial charge >= 0.3 is 17.8 Å². The summed E-state index contributed by atoms with van der Waals surface area (Å²) in [5.41, 5.74) is -0.820. The van der Waals surface area contributed by atoms with E-state index >= 15 is 4.39 Å². The lowest BCUT2D eigenvalue weighted by Gasteiger charge is -2.24. The average Bonchev–Trinajstić information content (AvgIpc) is 2.98. The van der Waals surface area contributed by atoms with Crippen LogP contribution in [0, 0.1) is 18.6 Å². The number of nitrogens with zero attached hydrogens (tertiary/aromatic N) is 4. The minimum atomic E-state index is -3.95. The van der Waals surface area contributed by atoms with E-state index in [0.29, 0.717) is 36.0 Å². The fraction of sp³-hybridized carbons (Fsp3) is 0.419. The number of aromatic nitrogens is 3. The number of carbonyl (C=O) groups is 1. The first-order chi connectivity index (χ1) is 21.5. The second-order valence-electron chi connectivity index (χ2n) is 10.5. The van der Waals surface area contributed by atoms with Crippen molar-refractivity contribution in [2.24, 2.45) is 7.05 Å². The van der Waals surface area contributed by atoms with Crippen LogP contribution in [0.15, 0.2) is 52.5 Å². The molecule has 3 N–H and O–H groups in total. The Labute approximate surface area is 262 Å². The highest BCUT2D eigenvalue weighted by Gasteiger charge is 2.27. The van der Waals surface area contributed by atoms with E-state index < -0.39 is 58.8 Å². The number of hydrogen-bond donors (Lipinski definition) is 3. The number of aliphatic hydroxyl groups excluding tert-OH is 1. The van der Waals surface area contributed by atoms with Crippen molar-refractivity contribution < 1.29 is 37.0 Å². The van der Waals surface area contributed by atoms with Crippen molar-refractivity contribution >= 4 is 17.4 Å². The Morgan fingerprint density at radius 3 is 2.39 bits per heavy atom. The lowest BCUT2D eigenvalue weighted by atomic mass is 10.0. The Hall–Kier alpha value is -4.69. The summed E-state index contributed by atoms with van der Waals surface area (Å²) in [6.07, 6.45) is -0.707. The average molecular weight is 656 g/mol. The molecule has 0 bridgehead atoms. The monoisotopic (exact) mass is 655 g/mol. The Morgan fingerprint density at radius 2 is 1.85 bits per heavy atom. The summed E-state index contributed by atoms with van der Waals surface area (Å²) in [6.45, 7) is 5.37. The molecule has 0 saturated heterocycles. The van der Waals surface area contributed by atoms with Gasteiger partial charge in [-0.15, -0.1) is 0 Å². The van der Waals surface area contributed by atoms with Gasteiger partial charge in [-0.3, -0.25) is 14.3 Å². The summed E-state index contributed by atoms with van der Waals surface area (Å²) >= 11 is 0. The molecular weight excluding hydrogens is 617 g/mol. The number of alkyl halides is 3. The number of carboxylic acids is 1. The Bertz CT molecular complexity index is 1650. The van der Waals surface area contributed by atoms with Crippen LogP contribution in [0.4, 0.5) is 27.6 Å². The summed E-state index contributed by atoms with van der Waals surface area (Å²) in [5, 5.41) is 22.2. The quantitative estimate of drug-likeness (QED) is 0.185. The number of aliphatic hydroxyl groups is 1. The van der Waals surface area contributed by atoms with Crippen LogP contribution in [0.1, 0.15) is 55.5 Å². The maximum absolute atomic E-state index is 15.4. The molecule has 1 atom stereocenters. The number of pyridine rings is 1. The van der Waals surface area contributed by atoms with Crippen molar-refractivity contribution in [3.63, 3.8) is 0 Å². The third kappa shape index (κ3) is 10.2. The maximum atomic E-state index is 15.4. The van der Waals surface area contributed by atoms with E-state index in [2.05, 4.69) is 10.3 Å². The zero-order valence-electron chi connectivity index (χ0n) is 26.2. The van der Waals surface area contributed by atoms with Crippen LogP contribution in [0.2, 0.25) is 0 Å². The van der Waals surface area contributed by atoms with E-state index in [0.717, 1.165) is 10.6 Å². The fourth-order valence-electron chi connectivity index (χ4n) is 4.44. The molecule has 0 radical (unpaired) electrons. The summed E-state index contributed by atoms with van der Waals surface area (Å²) in [4.78, 5) is 42.2. The molecule has 0 aliphatic rings. The van der Waals surface area contributed by atoms with Gasteiger partial charge in [0.15, 0.2) is 5.82 Å². The first-order valence-electron chi connectivity index (χ1n) is 14.3. The van der Waals surface area contributed by atoms with E-state index in [9.17, 15) is 42.2 Å². The van der Waals surface area contributed by atoms with Crippen LogP contribution in [-0.4, -0.2) is 56.1 Å². The van der Waals surface area contributed by atoms with Crippen molar-refractivity contribution in [1.82, 2.24) is 19.4 Å². The van der Waals surface area contributed by atoms with Crippen molar-refractivity contribution in [1.29, 1.82) is 0 Å². The van der Waals surface area contributed by atoms with E-state index in [1.165, 1.54) is 42.2 Å². The molecule has 1 aromatic carbocycles. The molecule has 3 aromatic rings. The highest BCUT2D eigenvalue weighted by atomic mass is 19.4. The Kier molecular flexibility index (Phi) is 13.5. The summed E-state index contributed by atoms with van der Waals surface area (Å²) in [5.74, 6) is -3.24. The minimum absolute atomic E-state index is 0.123. The van der Waals surface area contributed by atoms with Gasteiger partial charge in [0, 0.05) is 51.9 Å². The summed E-state index contributed by atoms with van der Waals surface area (Å²) in [6, 6.07) is 4.03. The van der Waals surface area contributed by atoms with Gasteiger partial charge < -0.3 is 25.0 Å². The second kappa shape index (κ2) is 16.6. The third-order valence-electron chi connectivity index (χ3n) is 6.96. The summed E-state index contributed by atoms with van der Waals surface area (Å²) in [7, 11) is 3.13. The predicted molar refractivity (Wildman–Crippen MR) is 164 cm³/mol. The topological polar surface area (TPSA) is 130 Å². The van der Waals surface area contributed by atoms with Crippen LogP contribution in [-0.2, 0) is 24.8 Å². The first kappa shape index (κ1) is 37.5. The lowest BCUT2D eigenvalue weighted by molar-refractivity contribution is -0.139. The van der Waals surface area contributed by atoms with Crippen LogP contribution >= 0.6 is 0 Å². The molecule has 0 aliphatic heterocycles. The molecule has 0 amide bonds. The van der Waals surface area contributed by atoms with E-state index in [1.54, 1.807) is 32.7 Å². The SMILES string of the molecule is CCCCC(F)(F)F.CCN(C)c1c(C)cc(F)c(/C(=C\O)NC(Cc2ccnc(Cn3c(=O)ccn(C)c3=O)c2)C(=O)O)c1F. The number of aliphatic carboxylic acids is 1. The number of carboxylic acid groups (broad SMARTS) is 1. The highest BCUT2D eigenvalue weighted by molar-refractivity contribution is 5.78. The smallest absolute Gasteiger partial charge is 0.389 e. The van der Waals surface area contributed by atoms with Gasteiger partial charge in [-0.1, -0.05) is 13.3 Å². The van der Waals surface area contributed by atoms with Crippen molar-refractivity contribution in [2.45, 2.75) is 65.2 Å². The van der Waals surface area contributed by atoms with Gasteiger partial charge in [0.05, 0.1) is 29.2 Å². The zero-order valence-corrected chi connectivity index (χ0v) is 26.2. The predicted octanol–water partition coefficient (Wildman–Crippen LogP) is 4.91. The van der Waals surface area contributed by atoms with Gasteiger partial charge in [0.1, 0.15) is 18.1 Å². The molecule has 0 saturated carbocycles. The number of unbranched alkanes of at least 4 members (excludes halogenated alkanes) is 1. The molecule has 2 heterocycles. The zero-order chi connectivity index (χ0) is 34.8. The number of nitrogens with one attached hydrogen (secondary N) is 1. The Balaban J connectivity index is 0.000000812. The van der Waals surface area contributed by atoms with Crippen LogP contribution in [0.25, 0.3) is 5.70 Å². The van der Waals surface area contributed by atoms with Gasteiger partial charge in [0.25, 0.3) is 5.56 Å². The molecule has 0 spiro atoms. The van der Waals surface area contributed by atoms with E-state index in [-0.39, 0.29) is 25.1 Å². The molecule has 1 unspecified atom stereocenters.